The number of carbonyl (C=O) groups excluding carboxylic acids is 1. The van der Waals surface area contributed by atoms with Gasteiger partial charge in [-0.05, 0) is 42.3 Å². The highest BCUT2D eigenvalue weighted by Crippen LogP contribution is 2.35. The van der Waals surface area contributed by atoms with Gasteiger partial charge in [0.15, 0.2) is 5.78 Å². The molecule has 0 aliphatic heterocycles. The maximum absolute atomic E-state index is 13.0. The molecule has 0 spiro atoms. The van der Waals surface area contributed by atoms with Crippen LogP contribution in [0.15, 0.2) is 65.7 Å². The topological polar surface area (TPSA) is 52.0 Å². The van der Waals surface area contributed by atoms with Gasteiger partial charge in [0.1, 0.15) is 10.6 Å². The highest BCUT2D eigenvalue weighted by molar-refractivity contribution is 7.22. The Balaban J connectivity index is 1.74. The van der Waals surface area contributed by atoms with E-state index in [-0.39, 0.29) is 17.9 Å². The lowest BCUT2D eigenvalue weighted by Gasteiger charge is -2.05. The Kier molecular flexibility index (Phi) is 4.41. The van der Waals surface area contributed by atoms with Crippen LogP contribution < -0.4 is 5.56 Å². The average molecular weight is 378 g/mol. The van der Waals surface area contributed by atoms with Crippen molar-refractivity contribution >= 4 is 27.3 Å². The molecule has 0 amide bonds. The van der Waals surface area contributed by atoms with Gasteiger partial charge in [0.25, 0.3) is 5.56 Å². The summed E-state index contributed by atoms with van der Waals surface area (Å²) in [5.74, 6) is -0.677. The van der Waals surface area contributed by atoms with E-state index in [2.05, 4.69) is 4.98 Å². The minimum absolute atomic E-state index is 0.136. The fourth-order valence-corrected chi connectivity index (χ4v) is 4.16. The first-order valence-electron chi connectivity index (χ1n) is 8.37. The van der Waals surface area contributed by atoms with Gasteiger partial charge in [-0.3, -0.25) is 14.2 Å². The molecule has 0 saturated carbocycles. The van der Waals surface area contributed by atoms with Crippen LogP contribution in [0, 0.1) is 12.7 Å². The summed E-state index contributed by atoms with van der Waals surface area (Å²) in [6.45, 7) is 1.76. The van der Waals surface area contributed by atoms with Gasteiger partial charge >= 0.3 is 0 Å². The SMILES string of the molecule is Cc1c(-c2ccccc2)sc2ncn(CC(=O)c3ccc(F)cc3)c(=O)c12. The normalized spacial score (nSPS) is 11.0. The molecule has 0 aliphatic carbocycles. The number of halogens is 1. The smallest absolute Gasteiger partial charge is 0.262 e. The Hall–Kier alpha value is -3.12. The number of thiophene rings is 1. The third-order valence-corrected chi connectivity index (χ3v) is 5.68. The van der Waals surface area contributed by atoms with Crippen molar-refractivity contribution in [2.75, 3.05) is 0 Å². The Bertz CT molecular complexity index is 1190. The fourth-order valence-electron chi connectivity index (χ4n) is 3.02. The molecule has 4 nitrogen and oxygen atoms in total. The molecule has 134 valence electrons. The van der Waals surface area contributed by atoms with Gasteiger partial charge < -0.3 is 0 Å². The second-order valence-electron chi connectivity index (χ2n) is 6.21. The molecular weight excluding hydrogens is 363 g/mol. The van der Waals surface area contributed by atoms with Crippen molar-refractivity contribution in [1.29, 1.82) is 0 Å². The van der Waals surface area contributed by atoms with Crippen LogP contribution in [0.5, 0.6) is 0 Å². The van der Waals surface area contributed by atoms with E-state index in [0.29, 0.717) is 15.8 Å². The van der Waals surface area contributed by atoms with E-state index in [1.54, 1.807) is 0 Å². The molecule has 0 N–H and O–H groups in total. The van der Waals surface area contributed by atoms with Gasteiger partial charge in [-0.2, -0.15) is 0 Å². The molecular formula is C21H15FN2O2S. The van der Waals surface area contributed by atoms with Crippen LogP contribution in [0.4, 0.5) is 4.39 Å². The third kappa shape index (κ3) is 3.19. The van der Waals surface area contributed by atoms with Gasteiger partial charge in [-0.15, -0.1) is 11.3 Å². The molecule has 27 heavy (non-hydrogen) atoms. The Morgan fingerprint density at radius 2 is 1.81 bits per heavy atom. The number of hydrogen-bond acceptors (Lipinski definition) is 4. The van der Waals surface area contributed by atoms with E-state index in [0.717, 1.165) is 16.0 Å². The quantitative estimate of drug-likeness (QED) is 0.493. The van der Waals surface area contributed by atoms with Crippen molar-refractivity contribution in [3.63, 3.8) is 0 Å². The standard InChI is InChI=1S/C21H15FN2O2S/c1-13-18-20(27-19(13)15-5-3-2-4-6-15)23-12-24(21(18)26)11-17(25)14-7-9-16(22)10-8-14/h2-10,12H,11H2,1H3. The number of rotatable bonds is 4. The number of benzene rings is 2. The molecule has 0 fully saturated rings. The Morgan fingerprint density at radius 3 is 2.52 bits per heavy atom. The Labute approximate surface area is 158 Å². The van der Waals surface area contributed by atoms with Crippen molar-refractivity contribution in [3.8, 4) is 10.4 Å². The summed E-state index contributed by atoms with van der Waals surface area (Å²) in [6.07, 6.45) is 1.40. The second-order valence-corrected chi connectivity index (χ2v) is 7.21. The zero-order chi connectivity index (χ0) is 19.0. The summed E-state index contributed by atoms with van der Waals surface area (Å²) in [6, 6.07) is 15.1. The minimum atomic E-state index is -0.408. The number of fused-ring (bicyclic) bond motifs is 1. The molecule has 0 aliphatic rings. The summed E-state index contributed by atoms with van der Waals surface area (Å²) < 4.78 is 14.3. The molecule has 4 aromatic rings. The van der Waals surface area contributed by atoms with Gasteiger partial charge in [-0.25, -0.2) is 9.37 Å². The largest absolute Gasteiger partial charge is 0.292 e. The number of Topliss-reactive ketones (excluding diaryl/α,β-unsaturated/α-hetero) is 1. The fraction of sp³-hybridized carbons (Fsp3) is 0.0952. The number of hydrogen-bond donors (Lipinski definition) is 0. The van der Waals surface area contributed by atoms with Crippen LogP contribution in [0.25, 0.3) is 20.7 Å². The number of nitrogens with zero attached hydrogens (tertiary/aromatic N) is 2. The molecule has 2 aromatic carbocycles. The predicted octanol–water partition coefficient (Wildman–Crippen LogP) is 4.46. The van der Waals surface area contributed by atoms with Crippen LogP contribution in [0.1, 0.15) is 15.9 Å². The molecule has 6 heteroatoms. The number of ketones is 1. The van der Waals surface area contributed by atoms with E-state index in [1.165, 1.54) is 46.5 Å². The minimum Gasteiger partial charge on any atom is -0.292 e. The molecule has 2 heterocycles. The molecule has 0 unspecified atom stereocenters. The molecule has 4 rings (SSSR count). The zero-order valence-corrected chi connectivity index (χ0v) is 15.3. The highest BCUT2D eigenvalue weighted by Gasteiger charge is 2.17. The first-order valence-corrected chi connectivity index (χ1v) is 9.19. The lowest BCUT2D eigenvalue weighted by molar-refractivity contribution is 0.0970. The average Bonchev–Trinajstić information content (AvgIpc) is 3.02. The van der Waals surface area contributed by atoms with E-state index in [1.807, 2.05) is 37.3 Å². The number of carbonyl (C=O) groups is 1. The van der Waals surface area contributed by atoms with Crippen LogP contribution >= 0.6 is 11.3 Å². The molecule has 0 radical (unpaired) electrons. The van der Waals surface area contributed by atoms with Gasteiger partial charge in [0.2, 0.25) is 0 Å². The van der Waals surface area contributed by atoms with Crippen LogP contribution in [-0.2, 0) is 6.54 Å². The van der Waals surface area contributed by atoms with Gasteiger partial charge in [-0.1, -0.05) is 30.3 Å². The van der Waals surface area contributed by atoms with Gasteiger partial charge in [0.05, 0.1) is 18.3 Å². The monoisotopic (exact) mass is 378 g/mol. The van der Waals surface area contributed by atoms with Crippen molar-refractivity contribution in [2.45, 2.75) is 13.5 Å². The Morgan fingerprint density at radius 1 is 1.11 bits per heavy atom. The van der Waals surface area contributed by atoms with E-state index in [4.69, 9.17) is 0 Å². The van der Waals surface area contributed by atoms with Crippen LogP contribution in [0.3, 0.4) is 0 Å². The summed E-state index contributed by atoms with van der Waals surface area (Å²) in [5, 5.41) is 0.535. The highest BCUT2D eigenvalue weighted by atomic mass is 32.1. The lowest BCUT2D eigenvalue weighted by Crippen LogP contribution is -2.24. The first-order chi connectivity index (χ1) is 13.0. The second kappa shape index (κ2) is 6.89. The van der Waals surface area contributed by atoms with Gasteiger partial charge in [0, 0.05) is 10.4 Å². The molecule has 0 bridgehead atoms. The number of aryl methyl sites for hydroxylation is 1. The summed E-state index contributed by atoms with van der Waals surface area (Å²) in [5.41, 5.74) is 2.01. The van der Waals surface area contributed by atoms with Crippen molar-refractivity contribution < 1.29 is 9.18 Å². The molecule has 0 atom stereocenters. The van der Waals surface area contributed by atoms with Crippen molar-refractivity contribution in [2.24, 2.45) is 0 Å². The summed E-state index contributed by atoms with van der Waals surface area (Å²) >= 11 is 1.47. The molecule has 2 aromatic heterocycles. The van der Waals surface area contributed by atoms with Crippen LogP contribution in [0.2, 0.25) is 0 Å². The molecule has 0 saturated heterocycles. The third-order valence-electron chi connectivity index (χ3n) is 4.43. The first kappa shape index (κ1) is 17.3. The maximum atomic E-state index is 13.0. The maximum Gasteiger partial charge on any atom is 0.262 e. The van der Waals surface area contributed by atoms with E-state index >= 15 is 0 Å². The van der Waals surface area contributed by atoms with E-state index in [9.17, 15) is 14.0 Å². The zero-order valence-electron chi connectivity index (χ0n) is 14.5. The van der Waals surface area contributed by atoms with E-state index < -0.39 is 5.82 Å². The summed E-state index contributed by atoms with van der Waals surface area (Å²) in [4.78, 5) is 31.4. The number of aromatic nitrogens is 2. The lowest BCUT2D eigenvalue weighted by atomic mass is 10.1. The van der Waals surface area contributed by atoms with Crippen molar-refractivity contribution in [3.05, 3.63) is 88.2 Å². The van der Waals surface area contributed by atoms with Crippen molar-refractivity contribution in [1.82, 2.24) is 9.55 Å². The van der Waals surface area contributed by atoms with Crippen LogP contribution in [-0.4, -0.2) is 15.3 Å². The summed E-state index contributed by atoms with van der Waals surface area (Å²) in [7, 11) is 0. The predicted molar refractivity (Wildman–Crippen MR) is 105 cm³/mol.